The summed E-state index contributed by atoms with van der Waals surface area (Å²) in [5.41, 5.74) is 0. The summed E-state index contributed by atoms with van der Waals surface area (Å²) in [7, 11) is 0. The van der Waals surface area contributed by atoms with Crippen molar-refractivity contribution in [3.8, 4) is 0 Å². The van der Waals surface area contributed by atoms with Crippen LogP contribution in [-0.4, -0.2) is 36.5 Å². The van der Waals surface area contributed by atoms with Gasteiger partial charge in [0.15, 0.2) is 0 Å². The van der Waals surface area contributed by atoms with E-state index in [2.05, 4.69) is 24.1 Å². The average molecular weight is 254 g/mol. The molecule has 0 saturated heterocycles. The number of hydrogen-bond donors (Lipinski definition) is 1. The van der Waals surface area contributed by atoms with E-state index in [0.29, 0.717) is 12.6 Å². The minimum absolute atomic E-state index is 0.226. The standard InChI is InChI=1S/C15H30N2O/c1-3-11-17(12-4-2)13-15(18)16-14-9-7-5-6-8-10-14/h14H,3-13H2,1-2H3,(H,16,18). The summed E-state index contributed by atoms with van der Waals surface area (Å²) >= 11 is 0. The summed E-state index contributed by atoms with van der Waals surface area (Å²) in [5.74, 6) is 0.226. The number of hydrogen-bond acceptors (Lipinski definition) is 2. The van der Waals surface area contributed by atoms with Crippen LogP contribution in [0.1, 0.15) is 65.2 Å². The molecule has 3 nitrogen and oxygen atoms in total. The second-order valence-electron chi connectivity index (χ2n) is 5.53. The molecule has 106 valence electrons. The Balaban J connectivity index is 2.29. The van der Waals surface area contributed by atoms with Gasteiger partial charge in [-0.3, -0.25) is 9.69 Å². The molecule has 3 heteroatoms. The highest BCUT2D eigenvalue weighted by atomic mass is 16.2. The van der Waals surface area contributed by atoms with Crippen molar-refractivity contribution in [2.45, 2.75) is 71.3 Å². The van der Waals surface area contributed by atoms with Crippen molar-refractivity contribution in [1.82, 2.24) is 10.2 Å². The van der Waals surface area contributed by atoms with Crippen molar-refractivity contribution in [2.75, 3.05) is 19.6 Å². The van der Waals surface area contributed by atoms with E-state index in [-0.39, 0.29) is 5.91 Å². The zero-order chi connectivity index (χ0) is 13.2. The number of nitrogens with zero attached hydrogens (tertiary/aromatic N) is 1. The Morgan fingerprint density at radius 3 is 2.11 bits per heavy atom. The second kappa shape index (κ2) is 9.37. The Bertz CT molecular complexity index is 211. The summed E-state index contributed by atoms with van der Waals surface area (Å²) in [6.07, 6.45) is 9.82. The molecule has 0 aromatic rings. The first-order valence-electron chi connectivity index (χ1n) is 7.78. The maximum atomic E-state index is 12.0. The van der Waals surface area contributed by atoms with E-state index in [0.717, 1.165) is 25.9 Å². The summed E-state index contributed by atoms with van der Waals surface area (Å²) < 4.78 is 0. The SMILES string of the molecule is CCCN(CCC)CC(=O)NC1CCCCCC1. The Morgan fingerprint density at radius 2 is 1.61 bits per heavy atom. The predicted molar refractivity (Wildman–Crippen MR) is 76.7 cm³/mol. The van der Waals surface area contributed by atoms with E-state index in [1.165, 1.54) is 38.5 Å². The zero-order valence-electron chi connectivity index (χ0n) is 12.2. The maximum absolute atomic E-state index is 12.0. The molecule has 0 radical (unpaired) electrons. The van der Waals surface area contributed by atoms with Crippen LogP contribution in [0.25, 0.3) is 0 Å². The summed E-state index contributed by atoms with van der Waals surface area (Å²) in [4.78, 5) is 14.3. The lowest BCUT2D eigenvalue weighted by molar-refractivity contribution is -0.123. The van der Waals surface area contributed by atoms with Gasteiger partial charge >= 0.3 is 0 Å². The van der Waals surface area contributed by atoms with Gasteiger partial charge in [0, 0.05) is 6.04 Å². The lowest BCUT2D eigenvalue weighted by Gasteiger charge is -2.22. The quantitative estimate of drug-likeness (QED) is 0.708. The van der Waals surface area contributed by atoms with Gasteiger partial charge in [0.2, 0.25) is 5.91 Å². The third-order valence-electron chi connectivity index (χ3n) is 3.67. The van der Waals surface area contributed by atoms with Crippen molar-refractivity contribution in [3.05, 3.63) is 0 Å². The van der Waals surface area contributed by atoms with Gasteiger partial charge in [-0.25, -0.2) is 0 Å². The Morgan fingerprint density at radius 1 is 1.06 bits per heavy atom. The van der Waals surface area contributed by atoms with Crippen molar-refractivity contribution >= 4 is 5.91 Å². The first kappa shape index (κ1) is 15.5. The van der Waals surface area contributed by atoms with Crippen molar-refractivity contribution < 1.29 is 4.79 Å². The fourth-order valence-electron chi connectivity index (χ4n) is 2.80. The number of carbonyl (C=O) groups is 1. The zero-order valence-corrected chi connectivity index (χ0v) is 12.2. The topological polar surface area (TPSA) is 32.3 Å². The van der Waals surface area contributed by atoms with E-state index in [1.54, 1.807) is 0 Å². The minimum Gasteiger partial charge on any atom is -0.352 e. The Kier molecular flexibility index (Phi) is 8.06. The summed E-state index contributed by atoms with van der Waals surface area (Å²) in [5, 5.41) is 3.23. The predicted octanol–water partition coefficient (Wildman–Crippen LogP) is 2.95. The monoisotopic (exact) mass is 254 g/mol. The van der Waals surface area contributed by atoms with Gasteiger partial charge in [-0.05, 0) is 38.8 Å². The molecule has 1 fully saturated rings. The average Bonchev–Trinajstić information content (AvgIpc) is 2.58. The van der Waals surface area contributed by atoms with Crippen molar-refractivity contribution in [3.63, 3.8) is 0 Å². The van der Waals surface area contributed by atoms with Crippen LogP contribution in [0.3, 0.4) is 0 Å². The third kappa shape index (κ3) is 6.39. The van der Waals surface area contributed by atoms with Crippen LogP contribution in [0.2, 0.25) is 0 Å². The fraction of sp³-hybridized carbons (Fsp3) is 0.933. The lowest BCUT2D eigenvalue weighted by atomic mass is 10.1. The molecular formula is C15H30N2O. The van der Waals surface area contributed by atoms with Crippen LogP contribution in [0.4, 0.5) is 0 Å². The highest BCUT2D eigenvalue weighted by Crippen LogP contribution is 2.17. The number of rotatable bonds is 7. The van der Waals surface area contributed by atoms with Crippen LogP contribution in [-0.2, 0) is 4.79 Å². The largest absolute Gasteiger partial charge is 0.352 e. The van der Waals surface area contributed by atoms with Gasteiger partial charge in [-0.2, -0.15) is 0 Å². The minimum atomic E-state index is 0.226. The molecule has 1 N–H and O–H groups in total. The molecule has 0 atom stereocenters. The lowest BCUT2D eigenvalue weighted by Crippen LogP contribution is -2.42. The number of carbonyl (C=O) groups excluding carboxylic acids is 1. The van der Waals surface area contributed by atoms with Gasteiger partial charge < -0.3 is 5.32 Å². The molecule has 0 bridgehead atoms. The van der Waals surface area contributed by atoms with Crippen LogP contribution < -0.4 is 5.32 Å². The second-order valence-corrected chi connectivity index (χ2v) is 5.53. The Hall–Kier alpha value is -0.570. The van der Waals surface area contributed by atoms with E-state index in [9.17, 15) is 4.79 Å². The molecule has 1 aliphatic carbocycles. The van der Waals surface area contributed by atoms with Gasteiger partial charge in [0.1, 0.15) is 0 Å². The van der Waals surface area contributed by atoms with Crippen LogP contribution >= 0.6 is 0 Å². The highest BCUT2D eigenvalue weighted by Gasteiger charge is 2.16. The molecule has 18 heavy (non-hydrogen) atoms. The van der Waals surface area contributed by atoms with Crippen molar-refractivity contribution in [1.29, 1.82) is 0 Å². The molecule has 0 aliphatic heterocycles. The summed E-state index contributed by atoms with van der Waals surface area (Å²) in [6, 6.07) is 0.435. The van der Waals surface area contributed by atoms with E-state index in [4.69, 9.17) is 0 Å². The molecule has 0 aromatic heterocycles. The number of nitrogens with one attached hydrogen (secondary N) is 1. The van der Waals surface area contributed by atoms with E-state index < -0.39 is 0 Å². The molecule has 1 aliphatic rings. The molecule has 0 spiro atoms. The van der Waals surface area contributed by atoms with E-state index in [1.807, 2.05) is 0 Å². The molecular weight excluding hydrogens is 224 g/mol. The summed E-state index contributed by atoms with van der Waals surface area (Å²) in [6.45, 7) is 6.99. The molecule has 1 saturated carbocycles. The normalized spacial score (nSPS) is 17.7. The smallest absolute Gasteiger partial charge is 0.234 e. The number of amides is 1. The van der Waals surface area contributed by atoms with Gasteiger partial charge in [-0.15, -0.1) is 0 Å². The molecule has 0 aromatic carbocycles. The van der Waals surface area contributed by atoms with E-state index >= 15 is 0 Å². The van der Waals surface area contributed by atoms with Crippen molar-refractivity contribution in [2.24, 2.45) is 0 Å². The molecule has 1 rings (SSSR count). The first-order chi connectivity index (χ1) is 8.76. The van der Waals surface area contributed by atoms with Gasteiger partial charge in [0.05, 0.1) is 6.54 Å². The third-order valence-corrected chi connectivity index (χ3v) is 3.67. The first-order valence-corrected chi connectivity index (χ1v) is 7.78. The highest BCUT2D eigenvalue weighted by molar-refractivity contribution is 5.78. The maximum Gasteiger partial charge on any atom is 0.234 e. The molecule has 1 amide bonds. The molecule has 0 unspecified atom stereocenters. The van der Waals surface area contributed by atoms with Gasteiger partial charge in [0.25, 0.3) is 0 Å². The Labute approximate surface area is 112 Å². The van der Waals surface area contributed by atoms with Crippen LogP contribution in [0.5, 0.6) is 0 Å². The molecule has 0 heterocycles. The van der Waals surface area contributed by atoms with Crippen LogP contribution in [0.15, 0.2) is 0 Å². The fourth-order valence-corrected chi connectivity index (χ4v) is 2.80. The van der Waals surface area contributed by atoms with Crippen LogP contribution in [0, 0.1) is 0 Å². The van der Waals surface area contributed by atoms with Gasteiger partial charge in [-0.1, -0.05) is 39.5 Å².